The average Bonchev–Trinajstić information content (AvgIpc) is 2.21. The van der Waals surface area contributed by atoms with E-state index in [1.165, 1.54) is 18.4 Å². The third-order valence-electron chi connectivity index (χ3n) is 2.93. The summed E-state index contributed by atoms with van der Waals surface area (Å²) < 4.78 is 0. The lowest BCUT2D eigenvalue weighted by atomic mass is 9.94. The maximum Gasteiger partial charge on any atom is 0.0438 e. The van der Waals surface area contributed by atoms with Crippen LogP contribution in [-0.4, -0.2) is 6.04 Å². The second-order valence-corrected chi connectivity index (χ2v) is 5.09. The molecule has 2 unspecified atom stereocenters. The van der Waals surface area contributed by atoms with Crippen molar-refractivity contribution >= 4 is 11.6 Å². The van der Waals surface area contributed by atoms with Gasteiger partial charge in [0.25, 0.3) is 0 Å². The first kappa shape index (κ1) is 13.5. The molecule has 90 valence electrons. The first-order valence-corrected chi connectivity index (χ1v) is 6.50. The Morgan fingerprint density at radius 1 is 1.31 bits per heavy atom. The van der Waals surface area contributed by atoms with Crippen LogP contribution in [0.1, 0.15) is 38.7 Å². The molecule has 2 atom stereocenters. The monoisotopic (exact) mass is 239 g/mol. The summed E-state index contributed by atoms with van der Waals surface area (Å²) in [6.45, 7) is 4.49. The van der Waals surface area contributed by atoms with Crippen molar-refractivity contribution in [3.63, 3.8) is 0 Å². The topological polar surface area (TPSA) is 26.0 Å². The summed E-state index contributed by atoms with van der Waals surface area (Å²) in [5.41, 5.74) is 7.31. The van der Waals surface area contributed by atoms with E-state index in [0.717, 1.165) is 17.9 Å². The van der Waals surface area contributed by atoms with Crippen LogP contribution < -0.4 is 5.73 Å². The fourth-order valence-corrected chi connectivity index (χ4v) is 2.37. The zero-order valence-electron chi connectivity index (χ0n) is 10.2. The van der Waals surface area contributed by atoms with Crippen molar-refractivity contribution in [1.29, 1.82) is 0 Å². The minimum atomic E-state index is 0.224. The van der Waals surface area contributed by atoms with Crippen molar-refractivity contribution in [3.05, 3.63) is 34.9 Å². The van der Waals surface area contributed by atoms with Crippen molar-refractivity contribution in [2.45, 2.75) is 45.6 Å². The van der Waals surface area contributed by atoms with Gasteiger partial charge < -0.3 is 5.73 Å². The van der Waals surface area contributed by atoms with E-state index in [1.54, 1.807) is 0 Å². The van der Waals surface area contributed by atoms with Gasteiger partial charge in [0.05, 0.1) is 0 Å². The number of halogens is 1. The molecule has 1 aromatic carbocycles. The van der Waals surface area contributed by atoms with Gasteiger partial charge in [0.1, 0.15) is 0 Å². The minimum Gasteiger partial charge on any atom is -0.327 e. The lowest BCUT2D eigenvalue weighted by molar-refractivity contribution is 0.431. The van der Waals surface area contributed by atoms with Crippen LogP contribution in [0.15, 0.2) is 24.3 Å². The highest BCUT2D eigenvalue weighted by Gasteiger charge is 2.10. The van der Waals surface area contributed by atoms with Crippen LogP contribution in [-0.2, 0) is 6.42 Å². The summed E-state index contributed by atoms with van der Waals surface area (Å²) in [6.07, 6.45) is 4.46. The molecule has 0 saturated heterocycles. The third-order valence-corrected chi connectivity index (χ3v) is 3.30. The van der Waals surface area contributed by atoms with E-state index >= 15 is 0 Å². The van der Waals surface area contributed by atoms with Crippen molar-refractivity contribution < 1.29 is 0 Å². The molecule has 0 aliphatic rings. The molecular weight excluding hydrogens is 218 g/mol. The quantitative estimate of drug-likeness (QED) is 0.797. The van der Waals surface area contributed by atoms with E-state index in [9.17, 15) is 0 Å². The number of benzene rings is 1. The van der Waals surface area contributed by atoms with Crippen LogP contribution in [0.25, 0.3) is 0 Å². The molecule has 2 heteroatoms. The van der Waals surface area contributed by atoms with Crippen LogP contribution in [0.2, 0.25) is 5.02 Å². The van der Waals surface area contributed by atoms with E-state index < -0.39 is 0 Å². The molecule has 1 aromatic rings. The van der Waals surface area contributed by atoms with Crippen molar-refractivity contribution in [2.24, 2.45) is 11.7 Å². The molecule has 0 radical (unpaired) electrons. The highest BCUT2D eigenvalue weighted by Crippen LogP contribution is 2.19. The van der Waals surface area contributed by atoms with Crippen LogP contribution in [0.4, 0.5) is 0 Å². The predicted molar refractivity (Wildman–Crippen MR) is 71.8 cm³/mol. The standard InChI is InChI=1S/C14H22ClN/c1-3-6-11(2)9-13(16)10-12-7-4-5-8-14(12)15/h4-5,7-8,11,13H,3,6,9-10,16H2,1-2H3. The predicted octanol–water partition coefficient (Wildman–Crippen LogP) is 4.04. The summed E-state index contributed by atoms with van der Waals surface area (Å²) in [7, 11) is 0. The Kier molecular flexibility index (Phi) is 5.86. The first-order chi connectivity index (χ1) is 7.63. The fraction of sp³-hybridized carbons (Fsp3) is 0.571. The molecule has 1 nitrogen and oxygen atoms in total. The van der Waals surface area contributed by atoms with Gasteiger partial charge in [0, 0.05) is 11.1 Å². The smallest absolute Gasteiger partial charge is 0.0438 e. The van der Waals surface area contributed by atoms with Crippen molar-refractivity contribution in [1.82, 2.24) is 0 Å². The van der Waals surface area contributed by atoms with E-state index in [-0.39, 0.29) is 6.04 Å². The molecule has 0 aromatic heterocycles. The Labute approximate surface area is 104 Å². The Morgan fingerprint density at radius 2 is 2.00 bits per heavy atom. The van der Waals surface area contributed by atoms with E-state index in [2.05, 4.69) is 19.9 Å². The molecule has 0 amide bonds. The third kappa shape index (κ3) is 4.54. The molecule has 0 bridgehead atoms. The summed E-state index contributed by atoms with van der Waals surface area (Å²) in [5, 5.41) is 0.834. The van der Waals surface area contributed by atoms with Crippen molar-refractivity contribution in [3.8, 4) is 0 Å². The van der Waals surface area contributed by atoms with Gasteiger partial charge in [0.2, 0.25) is 0 Å². The Bertz CT molecular complexity index is 311. The Hall–Kier alpha value is -0.530. The van der Waals surface area contributed by atoms with Crippen LogP contribution in [0.5, 0.6) is 0 Å². The molecule has 0 saturated carbocycles. The second-order valence-electron chi connectivity index (χ2n) is 4.69. The maximum atomic E-state index is 6.15. The number of hydrogen-bond donors (Lipinski definition) is 1. The van der Waals surface area contributed by atoms with Gasteiger partial charge in [-0.15, -0.1) is 0 Å². The molecule has 0 spiro atoms. The SMILES string of the molecule is CCCC(C)CC(N)Cc1ccccc1Cl. The summed E-state index contributed by atoms with van der Waals surface area (Å²) in [5.74, 6) is 0.711. The van der Waals surface area contributed by atoms with Crippen LogP contribution in [0.3, 0.4) is 0 Å². The summed E-state index contributed by atoms with van der Waals surface area (Å²) >= 11 is 6.11. The summed E-state index contributed by atoms with van der Waals surface area (Å²) in [4.78, 5) is 0. The number of nitrogens with two attached hydrogens (primary N) is 1. The maximum absolute atomic E-state index is 6.15. The second kappa shape index (κ2) is 6.93. The number of rotatable bonds is 6. The van der Waals surface area contributed by atoms with Gasteiger partial charge >= 0.3 is 0 Å². The number of hydrogen-bond acceptors (Lipinski definition) is 1. The zero-order valence-corrected chi connectivity index (χ0v) is 11.0. The molecule has 1 rings (SSSR count). The van der Waals surface area contributed by atoms with Crippen LogP contribution >= 0.6 is 11.6 Å². The normalized spacial score (nSPS) is 14.8. The molecule has 0 aliphatic carbocycles. The zero-order chi connectivity index (χ0) is 12.0. The molecule has 0 fully saturated rings. The van der Waals surface area contributed by atoms with Gasteiger partial charge in [-0.2, -0.15) is 0 Å². The lowest BCUT2D eigenvalue weighted by Crippen LogP contribution is -2.25. The minimum absolute atomic E-state index is 0.224. The van der Waals surface area contributed by atoms with Gasteiger partial charge in [-0.3, -0.25) is 0 Å². The first-order valence-electron chi connectivity index (χ1n) is 6.12. The largest absolute Gasteiger partial charge is 0.327 e. The Morgan fingerprint density at radius 3 is 2.62 bits per heavy atom. The van der Waals surface area contributed by atoms with Gasteiger partial charge in [-0.25, -0.2) is 0 Å². The van der Waals surface area contributed by atoms with Crippen molar-refractivity contribution in [2.75, 3.05) is 0 Å². The van der Waals surface area contributed by atoms with E-state index in [1.807, 2.05) is 18.2 Å². The van der Waals surface area contributed by atoms with E-state index in [4.69, 9.17) is 17.3 Å². The Balaban J connectivity index is 2.45. The highest BCUT2D eigenvalue weighted by atomic mass is 35.5. The molecule has 0 aliphatic heterocycles. The average molecular weight is 240 g/mol. The van der Waals surface area contributed by atoms with Gasteiger partial charge in [0.15, 0.2) is 0 Å². The molecule has 0 heterocycles. The molecule has 2 N–H and O–H groups in total. The van der Waals surface area contributed by atoms with E-state index in [0.29, 0.717) is 5.92 Å². The van der Waals surface area contributed by atoms with Gasteiger partial charge in [-0.05, 0) is 30.4 Å². The van der Waals surface area contributed by atoms with Gasteiger partial charge in [-0.1, -0.05) is 56.5 Å². The lowest BCUT2D eigenvalue weighted by Gasteiger charge is -2.17. The highest BCUT2D eigenvalue weighted by molar-refractivity contribution is 6.31. The van der Waals surface area contributed by atoms with Crippen LogP contribution in [0, 0.1) is 5.92 Å². The fourth-order valence-electron chi connectivity index (χ4n) is 2.16. The molecule has 16 heavy (non-hydrogen) atoms. The molecular formula is C14H22ClN. The summed E-state index contributed by atoms with van der Waals surface area (Å²) in [6, 6.07) is 8.19.